The Balaban J connectivity index is 1.53. The molecule has 1 aliphatic heterocycles. The first-order valence-electron chi connectivity index (χ1n) is 8.67. The van der Waals surface area contributed by atoms with Crippen molar-refractivity contribution in [2.24, 2.45) is 5.73 Å². The van der Waals surface area contributed by atoms with Crippen LogP contribution >= 0.6 is 11.6 Å². The standard InChI is InChI=1S/C19H22ClN3O3/c20-14-6-4-13(5-7-14)17-9-8-15(26-17)11-22-18(24)12-23-10-2-1-3-16(23)19(21)25/h4-9,16H,1-3,10-12H2,(H2,21,25)(H,22,24). The summed E-state index contributed by atoms with van der Waals surface area (Å²) in [7, 11) is 0. The Morgan fingerprint density at radius 1 is 1.19 bits per heavy atom. The van der Waals surface area contributed by atoms with E-state index < -0.39 is 0 Å². The van der Waals surface area contributed by atoms with E-state index in [0.29, 0.717) is 30.3 Å². The molecule has 3 rings (SSSR count). The monoisotopic (exact) mass is 375 g/mol. The van der Waals surface area contributed by atoms with Crippen LogP contribution in [0.15, 0.2) is 40.8 Å². The molecule has 1 aliphatic rings. The topological polar surface area (TPSA) is 88.6 Å². The third-order valence-corrected chi connectivity index (χ3v) is 4.79. The van der Waals surface area contributed by atoms with Crippen molar-refractivity contribution >= 4 is 23.4 Å². The number of carbonyl (C=O) groups excluding carboxylic acids is 2. The predicted molar refractivity (Wildman–Crippen MR) is 99.4 cm³/mol. The molecule has 0 saturated carbocycles. The minimum absolute atomic E-state index is 0.150. The summed E-state index contributed by atoms with van der Waals surface area (Å²) in [6.07, 6.45) is 2.65. The van der Waals surface area contributed by atoms with Gasteiger partial charge < -0.3 is 15.5 Å². The fraction of sp³-hybridized carbons (Fsp3) is 0.368. The van der Waals surface area contributed by atoms with E-state index in [0.717, 1.165) is 24.2 Å². The van der Waals surface area contributed by atoms with E-state index in [1.165, 1.54) is 0 Å². The SMILES string of the molecule is NC(=O)C1CCCCN1CC(=O)NCc1ccc(-c2ccc(Cl)cc2)o1. The number of rotatable bonds is 6. The zero-order valence-electron chi connectivity index (χ0n) is 14.4. The van der Waals surface area contributed by atoms with E-state index in [2.05, 4.69) is 5.32 Å². The van der Waals surface area contributed by atoms with Crippen LogP contribution in [0.2, 0.25) is 5.02 Å². The Bertz CT molecular complexity index is 773. The number of benzene rings is 1. The molecule has 1 atom stereocenters. The zero-order valence-corrected chi connectivity index (χ0v) is 15.2. The fourth-order valence-electron chi connectivity index (χ4n) is 3.17. The second kappa shape index (κ2) is 8.38. The van der Waals surface area contributed by atoms with E-state index >= 15 is 0 Å². The number of hydrogen-bond acceptors (Lipinski definition) is 4. The third-order valence-electron chi connectivity index (χ3n) is 4.54. The number of carbonyl (C=O) groups is 2. The maximum Gasteiger partial charge on any atom is 0.234 e. The first-order chi connectivity index (χ1) is 12.5. The van der Waals surface area contributed by atoms with Gasteiger partial charge in [0.15, 0.2) is 0 Å². The van der Waals surface area contributed by atoms with Crippen molar-refractivity contribution in [1.29, 1.82) is 0 Å². The molecule has 6 nitrogen and oxygen atoms in total. The molecule has 1 fully saturated rings. The Kier molecular flexibility index (Phi) is 5.96. The number of amides is 2. The van der Waals surface area contributed by atoms with Gasteiger partial charge >= 0.3 is 0 Å². The highest BCUT2D eigenvalue weighted by molar-refractivity contribution is 6.30. The number of nitrogens with zero attached hydrogens (tertiary/aromatic N) is 1. The third kappa shape index (κ3) is 4.65. The van der Waals surface area contributed by atoms with Crippen molar-refractivity contribution in [3.05, 3.63) is 47.2 Å². The van der Waals surface area contributed by atoms with Crippen LogP contribution in [-0.2, 0) is 16.1 Å². The van der Waals surface area contributed by atoms with Crippen LogP contribution in [0.5, 0.6) is 0 Å². The van der Waals surface area contributed by atoms with E-state index in [1.807, 2.05) is 29.2 Å². The summed E-state index contributed by atoms with van der Waals surface area (Å²) in [4.78, 5) is 25.6. The zero-order chi connectivity index (χ0) is 18.5. The first kappa shape index (κ1) is 18.5. The van der Waals surface area contributed by atoms with Gasteiger partial charge in [-0.3, -0.25) is 14.5 Å². The summed E-state index contributed by atoms with van der Waals surface area (Å²) in [6, 6.07) is 10.7. The number of furan rings is 1. The number of hydrogen-bond donors (Lipinski definition) is 2. The molecule has 7 heteroatoms. The van der Waals surface area contributed by atoms with Gasteiger partial charge in [-0.1, -0.05) is 18.0 Å². The van der Waals surface area contributed by atoms with Crippen LogP contribution in [0, 0.1) is 0 Å². The van der Waals surface area contributed by atoms with Crippen LogP contribution in [0.25, 0.3) is 11.3 Å². The average molecular weight is 376 g/mol. The Morgan fingerprint density at radius 3 is 2.69 bits per heavy atom. The van der Waals surface area contributed by atoms with Crippen LogP contribution in [0.4, 0.5) is 0 Å². The second-order valence-electron chi connectivity index (χ2n) is 6.43. The molecule has 1 unspecified atom stereocenters. The number of nitrogens with one attached hydrogen (secondary N) is 1. The molecule has 2 heterocycles. The molecular weight excluding hydrogens is 354 g/mol. The maximum absolute atomic E-state index is 12.2. The molecule has 0 spiro atoms. The van der Waals surface area contributed by atoms with Crippen LogP contribution in [0.1, 0.15) is 25.0 Å². The van der Waals surface area contributed by atoms with Gasteiger partial charge in [-0.25, -0.2) is 0 Å². The van der Waals surface area contributed by atoms with Crippen molar-refractivity contribution in [2.45, 2.75) is 31.8 Å². The largest absolute Gasteiger partial charge is 0.459 e. The molecule has 1 saturated heterocycles. The Morgan fingerprint density at radius 2 is 1.96 bits per heavy atom. The van der Waals surface area contributed by atoms with Crippen molar-refractivity contribution in [2.75, 3.05) is 13.1 Å². The molecule has 0 bridgehead atoms. The number of primary amides is 1. The van der Waals surface area contributed by atoms with Crippen LogP contribution in [0.3, 0.4) is 0 Å². The maximum atomic E-state index is 12.2. The highest BCUT2D eigenvalue weighted by atomic mass is 35.5. The lowest BCUT2D eigenvalue weighted by atomic mass is 10.0. The Hall–Kier alpha value is -2.31. The van der Waals surface area contributed by atoms with E-state index in [-0.39, 0.29) is 24.4 Å². The van der Waals surface area contributed by atoms with Gasteiger partial charge in [-0.05, 0) is 55.8 Å². The van der Waals surface area contributed by atoms with Crippen LogP contribution in [-0.4, -0.2) is 35.8 Å². The highest BCUT2D eigenvalue weighted by Crippen LogP contribution is 2.23. The lowest BCUT2D eigenvalue weighted by molar-refractivity contribution is -0.128. The van der Waals surface area contributed by atoms with E-state index in [1.54, 1.807) is 12.1 Å². The quantitative estimate of drug-likeness (QED) is 0.812. The molecule has 0 radical (unpaired) electrons. The lowest BCUT2D eigenvalue weighted by Gasteiger charge is -2.32. The Labute approximate surface area is 157 Å². The minimum Gasteiger partial charge on any atom is -0.459 e. The smallest absolute Gasteiger partial charge is 0.234 e. The molecule has 3 N–H and O–H groups in total. The summed E-state index contributed by atoms with van der Waals surface area (Å²) in [6.45, 7) is 1.17. The molecule has 1 aromatic carbocycles. The molecular formula is C19H22ClN3O3. The van der Waals surface area contributed by atoms with Gasteiger partial charge in [0.2, 0.25) is 11.8 Å². The fourth-order valence-corrected chi connectivity index (χ4v) is 3.30. The van der Waals surface area contributed by atoms with Crippen LogP contribution < -0.4 is 11.1 Å². The number of piperidine rings is 1. The van der Waals surface area contributed by atoms with Gasteiger partial charge in [-0.2, -0.15) is 0 Å². The van der Waals surface area contributed by atoms with Crippen molar-refractivity contribution in [3.63, 3.8) is 0 Å². The number of likely N-dealkylation sites (tertiary alicyclic amines) is 1. The van der Waals surface area contributed by atoms with E-state index in [9.17, 15) is 9.59 Å². The molecule has 0 aliphatic carbocycles. The molecule has 138 valence electrons. The lowest BCUT2D eigenvalue weighted by Crippen LogP contribution is -2.51. The van der Waals surface area contributed by atoms with Gasteiger partial charge in [0.05, 0.1) is 19.1 Å². The van der Waals surface area contributed by atoms with E-state index in [4.69, 9.17) is 21.8 Å². The summed E-state index contributed by atoms with van der Waals surface area (Å²) >= 11 is 5.89. The average Bonchev–Trinajstić information content (AvgIpc) is 3.10. The molecule has 26 heavy (non-hydrogen) atoms. The van der Waals surface area contributed by atoms with Gasteiger partial charge in [0.25, 0.3) is 0 Å². The normalized spacial score (nSPS) is 17.8. The minimum atomic E-state index is -0.365. The van der Waals surface area contributed by atoms with Crippen molar-refractivity contribution < 1.29 is 14.0 Å². The highest BCUT2D eigenvalue weighted by Gasteiger charge is 2.28. The summed E-state index contributed by atoms with van der Waals surface area (Å²) < 4.78 is 5.76. The van der Waals surface area contributed by atoms with Gasteiger partial charge in [-0.15, -0.1) is 0 Å². The van der Waals surface area contributed by atoms with Gasteiger partial charge in [0.1, 0.15) is 11.5 Å². The molecule has 1 aromatic heterocycles. The predicted octanol–water partition coefficient (Wildman–Crippen LogP) is 2.56. The molecule has 2 aromatic rings. The number of halogens is 1. The van der Waals surface area contributed by atoms with Crippen molar-refractivity contribution in [1.82, 2.24) is 10.2 Å². The molecule has 2 amide bonds. The first-order valence-corrected chi connectivity index (χ1v) is 9.05. The summed E-state index contributed by atoms with van der Waals surface area (Å²) in [5.74, 6) is 0.864. The van der Waals surface area contributed by atoms with Crippen molar-refractivity contribution in [3.8, 4) is 11.3 Å². The summed E-state index contributed by atoms with van der Waals surface area (Å²) in [5, 5.41) is 3.50. The van der Waals surface area contributed by atoms with Gasteiger partial charge in [0, 0.05) is 10.6 Å². The summed E-state index contributed by atoms with van der Waals surface area (Å²) in [5.41, 5.74) is 6.35. The number of nitrogens with two attached hydrogens (primary N) is 1. The second-order valence-corrected chi connectivity index (χ2v) is 6.87.